The maximum atomic E-state index is 4.58. The Hall–Kier alpha value is -1.69. The molecule has 3 nitrogen and oxygen atoms in total. The van der Waals surface area contributed by atoms with Crippen molar-refractivity contribution >= 4 is 39.2 Å². The zero-order chi connectivity index (χ0) is 14.9. The lowest BCUT2D eigenvalue weighted by atomic mass is 9.97. The maximum Gasteiger partial charge on any atom is 0.137 e. The van der Waals surface area contributed by atoms with Crippen molar-refractivity contribution in [3.05, 3.63) is 52.0 Å². The van der Waals surface area contributed by atoms with Crippen LogP contribution in [0.5, 0.6) is 0 Å². The molecule has 0 bridgehead atoms. The van der Waals surface area contributed by atoms with E-state index in [-0.39, 0.29) is 0 Å². The van der Waals surface area contributed by atoms with Gasteiger partial charge in [0.25, 0.3) is 0 Å². The number of halogens is 1. The quantitative estimate of drug-likeness (QED) is 0.475. The topological polar surface area (TPSA) is 41.6 Å². The van der Waals surface area contributed by atoms with Crippen LogP contribution in [-0.4, -0.2) is 15.0 Å². The Balaban J connectivity index is 1.76. The van der Waals surface area contributed by atoms with Crippen LogP contribution < -0.4 is 0 Å². The Morgan fingerprint density at radius 3 is 2.91 bits per heavy atom. The molecule has 110 valence electrons. The third-order valence-corrected chi connectivity index (χ3v) is 4.72. The summed E-state index contributed by atoms with van der Waals surface area (Å²) < 4.78 is 0.998. The maximum absolute atomic E-state index is 4.58. The molecule has 0 amide bonds. The van der Waals surface area contributed by atoms with Crippen LogP contribution in [0.4, 0.5) is 0 Å². The fraction of sp³-hybridized carbons (Fsp3) is 0.222. The number of rotatable bonds is 2. The van der Waals surface area contributed by atoms with Crippen molar-refractivity contribution in [3.8, 4) is 11.3 Å². The number of fused-ring (bicyclic) bond motifs is 1. The van der Waals surface area contributed by atoms with E-state index in [9.17, 15) is 0 Å². The molecule has 22 heavy (non-hydrogen) atoms. The first kappa shape index (κ1) is 13.9. The molecule has 0 aromatic carbocycles. The predicted molar refractivity (Wildman–Crippen MR) is 98.5 cm³/mol. The lowest BCUT2D eigenvalue weighted by molar-refractivity contribution is 0.740. The van der Waals surface area contributed by atoms with Gasteiger partial charge < -0.3 is 4.98 Å². The normalized spacial score (nSPS) is 15.0. The minimum atomic E-state index is 0.954. The van der Waals surface area contributed by atoms with Crippen molar-refractivity contribution in [2.24, 2.45) is 0 Å². The summed E-state index contributed by atoms with van der Waals surface area (Å²) in [5.74, 6) is 0. The molecule has 0 spiro atoms. The Kier molecular flexibility index (Phi) is 3.70. The van der Waals surface area contributed by atoms with E-state index in [2.05, 4.69) is 55.8 Å². The van der Waals surface area contributed by atoms with Gasteiger partial charge in [0, 0.05) is 22.8 Å². The van der Waals surface area contributed by atoms with Crippen LogP contribution in [0.2, 0.25) is 0 Å². The summed E-state index contributed by atoms with van der Waals surface area (Å²) in [5, 5.41) is 1.15. The summed E-state index contributed by atoms with van der Waals surface area (Å²) in [6, 6.07) is 10.5. The number of nitrogens with zero attached hydrogens (tertiary/aromatic N) is 2. The number of hydrogen-bond acceptors (Lipinski definition) is 2. The third kappa shape index (κ3) is 2.67. The van der Waals surface area contributed by atoms with Gasteiger partial charge >= 0.3 is 0 Å². The van der Waals surface area contributed by atoms with Gasteiger partial charge in [0.2, 0.25) is 0 Å². The van der Waals surface area contributed by atoms with E-state index in [4.69, 9.17) is 0 Å². The van der Waals surface area contributed by atoms with Crippen molar-refractivity contribution in [2.45, 2.75) is 25.7 Å². The Morgan fingerprint density at radius 2 is 2.09 bits per heavy atom. The molecule has 3 aromatic heterocycles. The minimum absolute atomic E-state index is 0.954. The van der Waals surface area contributed by atoms with Crippen LogP contribution >= 0.6 is 22.6 Å². The van der Waals surface area contributed by atoms with E-state index in [1.807, 2.05) is 24.4 Å². The fourth-order valence-corrected chi connectivity index (χ4v) is 3.45. The summed E-state index contributed by atoms with van der Waals surface area (Å²) >= 11 is 2.24. The van der Waals surface area contributed by atoms with Crippen LogP contribution in [0, 0.1) is 3.70 Å². The standard InChI is InChI=1S/C18H16IN3/c19-17-8-4-7-15(21-17)14-9-13-10-16(22-18(13)20-11-14)12-5-2-1-3-6-12/h4-5,7-11H,1-3,6H2,(H,20,22). The second kappa shape index (κ2) is 5.83. The molecule has 1 N–H and O–H groups in total. The van der Waals surface area contributed by atoms with Gasteiger partial charge in [0.1, 0.15) is 9.35 Å². The van der Waals surface area contributed by atoms with E-state index < -0.39 is 0 Å². The van der Waals surface area contributed by atoms with Crippen molar-refractivity contribution in [2.75, 3.05) is 0 Å². The lowest BCUT2D eigenvalue weighted by Crippen LogP contribution is -1.91. The summed E-state index contributed by atoms with van der Waals surface area (Å²) in [5.41, 5.74) is 5.64. The molecule has 0 atom stereocenters. The van der Waals surface area contributed by atoms with Crippen LogP contribution in [0.15, 0.2) is 42.6 Å². The highest BCUT2D eigenvalue weighted by Crippen LogP contribution is 2.29. The first-order chi connectivity index (χ1) is 10.8. The smallest absolute Gasteiger partial charge is 0.137 e. The van der Waals surface area contributed by atoms with E-state index in [0.29, 0.717) is 0 Å². The van der Waals surface area contributed by atoms with Gasteiger partial charge in [-0.05, 0) is 78.1 Å². The van der Waals surface area contributed by atoms with Crippen LogP contribution in [0.25, 0.3) is 27.9 Å². The molecule has 1 aliphatic carbocycles. The van der Waals surface area contributed by atoms with E-state index in [1.54, 1.807) is 0 Å². The summed E-state index contributed by atoms with van der Waals surface area (Å²) in [6.07, 6.45) is 9.21. The third-order valence-electron chi connectivity index (χ3n) is 4.12. The van der Waals surface area contributed by atoms with Crippen molar-refractivity contribution in [1.29, 1.82) is 0 Å². The fourth-order valence-electron chi connectivity index (χ4n) is 2.98. The summed E-state index contributed by atoms with van der Waals surface area (Å²) in [6.45, 7) is 0. The molecule has 3 aromatic rings. The molecule has 4 rings (SSSR count). The number of hydrogen-bond donors (Lipinski definition) is 1. The van der Waals surface area contributed by atoms with Gasteiger partial charge in [0.05, 0.1) is 5.69 Å². The molecule has 3 heterocycles. The van der Waals surface area contributed by atoms with Gasteiger partial charge in [-0.25, -0.2) is 9.97 Å². The molecule has 0 fully saturated rings. The molecular weight excluding hydrogens is 385 g/mol. The van der Waals surface area contributed by atoms with Crippen LogP contribution in [0.1, 0.15) is 31.4 Å². The predicted octanol–water partition coefficient (Wildman–Crippen LogP) is 5.19. The molecule has 0 unspecified atom stereocenters. The van der Waals surface area contributed by atoms with Crippen molar-refractivity contribution < 1.29 is 0 Å². The van der Waals surface area contributed by atoms with Gasteiger partial charge in [0.15, 0.2) is 0 Å². The lowest BCUT2D eigenvalue weighted by Gasteiger charge is -2.10. The first-order valence-electron chi connectivity index (χ1n) is 7.61. The average molecular weight is 401 g/mol. The molecule has 0 saturated carbocycles. The molecule has 4 heteroatoms. The molecule has 1 aliphatic rings. The number of aromatic amines is 1. The first-order valence-corrected chi connectivity index (χ1v) is 8.68. The second-order valence-corrected chi connectivity index (χ2v) is 6.77. The van der Waals surface area contributed by atoms with Gasteiger partial charge in [-0.1, -0.05) is 12.1 Å². The highest BCUT2D eigenvalue weighted by atomic mass is 127. The second-order valence-electron chi connectivity index (χ2n) is 5.67. The van der Waals surface area contributed by atoms with E-state index in [1.165, 1.54) is 30.5 Å². The Labute approximate surface area is 143 Å². The number of nitrogens with one attached hydrogen (secondary N) is 1. The summed E-state index contributed by atoms with van der Waals surface area (Å²) in [7, 11) is 0. The van der Waals surface area contributed by atoms with Crippen LogP contribution in [-0.2, 0) is 0 Å². The molecular formula is C18H16IN3. The monoisotopic (exact) mass is 401 g/mol. The molecule has 0 aliphatic heterocycles. The number of aromatic nitrogens is 3. The number of pyridine rings is 2. The van der Waals surface area contributed by atoms with E-state index in [0.717, 1.165) is 32.4 Å². The van der Waals surface area contributed by atoms with Crippen molar-refractivity contribution in [3.63, 3.8) is 0 Å². The highest BCUT2D eigenvalue weighted by Gasteiger charge is 2.11. The average Bonchev–Trinajstić information content (AvgIpc) is 2.99. The Morgan fingerprint density at radius 1 is 1.14 bits per heavy atom. The van der Waals surface area contributed by atoms with Gasteiger partial charge in [-0.2, -0.15) is 0 Å². The van der Waals surface area contributed by atoms with Gasteiger partial charge in [-0.3, -0.25) is 0 Å². The zero-order valence-corrected chi connectivity index (χ0v) is 14.3. The molecule has 0 saturated heterocycles. The highest BCUT2D eigenvalue weighted by molar-refractivity contribution is 14.1. The molecule has 0 radical (unpaired) electrons. The van der Waals surface area contributed by atoms with E-state index >= 15 is 0 Å². The SMILES string of the molecule is Ic1cccc(-c2cnc3[nH]c(C4=CCCCC4)cc3c2)n1. The van der Waals surface area contributed by atoms with Crippen LogP contribution in [0.3, 0.4) is 0 Å². The van der Waals surface area contributed by atoms with Gasteiger partial charge in [-0.15, -0.1) is 0 Å². The van der Waals surface area contributed by atoms with Crippen molar-refractivity contribution in [1.82, 2.24) is 15.0 Å². The number of allylic oxidation sites excluding steroid dienone is 2. The largest absolute Gasteiger partial charge is 0.340 e. The Bertz CT molecular complexity index is 864. The minimum Gasteiger partial charge on any atom is -0.340 e. The zero-order valence-electron chi connectivity index (χ0n) is 12.1. The number of H-pyrrole nitrogens is 1. The summed E-state index contributed by atoms with van der Waals surface area (Å²) in [4.78, 5) is 12.6.